The Morgan fingerprint density at radius 3 is 2.03 bits per heavy atom. The van der Waals surface area contributed by atoms with Crippen molar-refractivity contribution >= 4 is 5.91 Å². The Morgan fingerprint density at radius 1 is 0.879 bits per heavy atom. The number of hydrogen-bond donors (Lipinski definition) is 10. The molecule has 0 aromatic carbocycles. The fourth-order valence-corrected chi connectivity index (χ4v) is 3.51. The normalized spacial score (nSPS) is 41.4. The summed E-state index contributed by atoms with van der Waals surface area (Å²) >= 11 is 0. The van der Waals surface area contributed by atoms with Gasteiger partial charge in [0.2, 0.25) is 5.91 Å². The lowest BCUT2D eigenvalue weighted by Crippen LogP contribution is -2.65. The Hall–Kier alpha value is -1.05. The van der Waals surface area contributed by atoms with Crippen LogP contribution in [0.5, 0.6) is 0 Å². The van der Waals surface area contributed by atoms with Crippen molar-refractivity contribution in [3.8, 4) is 0 Å². The average Bonchev–Trinajstić information content (AvgIpc) is 2.79. The summed E-state index contributed by atoms with van der Waals surface area (Å²) in [5.74, 6) is -0.579. The van der Waals surface area contributed by atoms with Crippen LogP contribution in [0.25, 0.3) is 0 Å². The molecular weight excluding hydrogens is 454 g/mol. The Balaban J connectivity index is 2.10. The second-order valence-corrected chi connectivity index (χ2v) is 7.89. The van der Waals surface area contributed by atoms with Crippen molar-refractivity contribution < 1.29 is 69.7 Å². The summed E-state index contributed by atoms with van der Waals surface area (Å²) in [4.78, 5) is 11.5. The highest BCUT2D eigenvalue weighted by atomic mass is 16.7. The molecular formula is C18H33NO14. The second-order valence-electron chi connectivity index (χ2n) is 7.89. The first kappa shape index (κ1) is 28.2. The maximum Gasteiger partial charge on any atom is 0.217 e. The minimum absolute atomic E-state index is 0.543. The molecule has 0 radical (unpaired) electrons. The van der Waals surface area contributed by atoms with E-state index < -0.39 is 106 Å². The quantitative estimate of drug-likeness (QED) is 0.138. The number of rotatable bonds is 10. The number of nitrogens with one attached hydrogen (secondary N) is 1. The van der Waals surface area contributed by atoms with Gasteiger partial charge in [0.05, 0.1) is 26.4 Å². The highest BCUT2D eigenvalue weighted by Crippen LogP contribution is 2.26. The molecule has 2 fully saturated rings. The standard InChI is InChI=1S/C18H33NO14/c1-6(23)19-11-14(27)12(25)9(4-22)32-17(11)30-5-10-13(26)15(28)16(29)18(33-10)31-8(3-21)7(24)2-20/h7-18,20-22,24-29H,2-5H2,1H3,(H,19,23)/t7-,8+,9-,10-,11-,12-,13+,14-,15+,16-,17-,18-/m1/s1. The minimum atomic E-state index is -1.79. The van der Waals surface area contributed by atoms with Gasteiger partial charge in [0.15, 0.2) is 12.6 Å². The summed E-state index contributed by atoms with van der Waals surface area (Å²) in [5, 5.41) is 90.6. The maximum atomic E-state index is 11.5. The van der Waals surface area contributed by atoms with Crippen molar-refractivity contribution in [1.82, 2.24) is 5.32 Å². The molecule has 0 aromatic heterocycles. The molecule has 15 heteroatoms. The Kier molecular flexibility index (Phi) is 10.8. The predicted molar refractivity (Wildman–Crippen MR) is 103 cm³/mol. The van der Waals surface area contributed by atoms with Gasteiger partial charge < -0.3 is 70.2 Å². The molecule has 2 heterocycles. The summed E-state index contributed by atoms with van der Waals surface area (Å²) in [5.41, 5.74) is 0. The molecule has 2 aliphatic heterocycles. The van der Waals surface area contributed by atoms with E-state index in [0.29, 0.717) is 0 Å². The molecule has 0 spiro atoms. The second kappa shape index (κ2) is 12.6. The Morgan fingerprint density at radius 2 is 1.48 bits per heavy atom. The molecule has 0 bridgehead atoms. The van der Waals surface area contributed by atoms with E-state index in [-0.39, 0.29) is 0 Å². The first-order valence-corrected chi connectivity index (χ1v) is 10.3. The smallest absolute Gasteiger partial charge is 0.217 e. The van der Waals surface area contributed by atoms with Crippen molar-refractivity contribution in [2.24, 2.45) is 0 Å². The van der Waals surface area contributed by atoms with E-state index in [4.69, 9.17) is 24.1 Å². The van der Waals surface area contributed by atoms with Gasteiger partial charge in [-0.3, -0.25) is 4.79 Å². The van der Waals surface area contributed by atoms with Gasteiger partial charge in [-0.1, -0.05) is 0 Å². The fraction of sp³-hybridized carbons (Fsp3) is 0.944. The number of amides is 1. The number of carbonyl (C=O) groups excluding carboxylic acids is 1. The van der Waals surface area contributed by atoms with Crippen LogP contribution < -0.4 is 5.32 Å². The maximum absolute atomic E-state index is 11.5. The van der Waals surface area contributed by atoms with Crippen LogP contribution in [0.2, 0.25) is 0 Å². The largest absolute Gasteiger partial charge is 0.394 e. The van der Waals surface area contributed by atoms with Crippen molar-refractivity contribution in [3.05, 3.63) is 0 Å². The molecule has 0 aliphatic carbocycles. The molecule has 15 nitrogen and oxygen atoms in total. The van der Waals surface area contributed by atoms with Crippen LogP contribution in [0.15, 0.2) is 0 Å². The first-order chi connectivity index (χ1) is 15.5. The summed E-state index contributed by atoms with van der Waals surface area (Å²) in [7, 11) is 0. The molecule has 2 saturated heterocycles. The lowest BCUT2D eigenvalue weighted by Gasteiger charge is -2.44. The molecule has 194 valence electrons. The van der Waals surface area contributed by atoms with E-state index in [2.05, 4.69) is 5.32 Å². The van der Waals surface area contributed by atoms with Crippen LogP contribution in [0.3, 0.4) is 0 Å². The van der Waals surface area contributed by atoms with Crippen molar-refractivity contribution in [1.29, 1.82) is 0 Å². The van der Waals surface area contributed by atoms with Gasteiger partial charge in [-0.25, -0.2) is 0 Å². The molecule has 12 atom stereocenters. The van der Waals surface area contributed by atoms with Crippen molar-refractivity contribution in [2.45, 2.75) is 80.5 Å². The van der Waals surface area contributed by atoms with Gasteiger partial charge in [0, 0.05) is 6.92 Å². The molecule has 2 rings (SSSR count). The Labute approximate surface area is 188 Å². The summed E-state index contributed by atoms with van der Waals surface area (Å²) < 4.78 is 21.5. The summed E-state index contributed by atoms with van der Waals surface area (Å²) in [6.45, 7) is -1.59. The van der Waals surface area contributed by atoms with Crippen LogP contribution in [0.1, 0.15) is 6.92 Å². The SMILES string of the molecule is CC(=O)N[C@H]1[C@H](OC[C@H]2O[C@@H](O[C@@H](CO)[C@H](O)CO)[C@H](O)[C@@H](O)[C@H]2O)O[C@H](CO)[C@@H](O)[C@@H]1O. The molecule has 0 aromatic rings. The van der Waals surface area contributed by atoms with Gasteiger partial charge in [0.1, 0.15) is 61.0 Å². The Bertz CT molecular complexity index is 613. The zero-order chi connectivity index (χ0) is 24.9. The van der Waals surface area contributed by atoms with E-state index >= 15 is 0 Å². The third-order valence-electron chi connectivity index (χ3n) is 5.45. The number of aliphatic hydroxyl groups excluding tert-OH is 9. The molecule has 0 saturated carbocycles. The molecule has 1 amide bonds. The van der Waals surface area contributed by atoms with Crippen LogP contribution in [-0.2, 0) is 23.7 Å². The minimum Gasteiger partial charge on any atom is -0.394 e. The summed E-state index contributed by atoms with van der Waals surface area (Å²) in [6, 6.07) is -1.26. The number of aliphatic hydroxyl groups is 9. The van der Waals surface area contributed by atoms with Gasteiger partial charge in [-0.05, 0) is 0 Å². The predicted octanol–water partition coefficient (Wildman–Crippen LogP) is -6.51. The number of hydrogen-bond acceptors (Lipinski definition) is 14. The fourth-order valence-electron chi connectivity index (χ4n) is 3.51. The molecule has 0 unspecified atom stereocenters. The first-order valence-electron chi connectivity index (χ1n) is 10.3. The van der Waals surface area contributed by atoms with E-state index in [0.717, 1.165) is 6.92 Å². The van der Waals surface area contributed by atoms with Crippen molar-refractivity contribution in [3.63, 3.8) is 0 Å². The van der Waals surface area contributed by atoms with Crippen LogP contribution in [0, 0.1) is 0 Å². The van der Waals surface area contributed by atoms with Gasteiger partial charge in [0.25, 0.3) is 0 Å². The van der Waals surface area contributed by atoms with E-state index in [1.54, 1.807) is 0 Å². The lowest BCUT2D eigenvalue weighted by molar-refractivity contribution is -0.332. The monoisotopic (exact) mass is 487 g/mol. The highest BCUT2D eigenvalue weighted by molar-refractivity contribution is 5.73. The number of carbonyl (C=O) groups is 1. The van der Waals surface area contributed by atoms with Crippen LogP contribution >= 0.6 is 0 Å². The summed E-state index contributed by atoms with van der Waals surface area (Å²) in [6.07, 6.45) is -17.0. The molecule has 10 N–H and O–H groups in total. The number of ether oxygens (including phenoxy) is 4. The molecule has 33 heavy (non-hydrogen) atoms. The van der Waals surface area contributed by atoms with Crippen molar-refractivity contribution in [2.75, 3.05) is 26.4 Å². The van der Waals surface area contributed by atoms with E-state index in [1.165, 1.54) is 0 Å². The lowest BCUT2D eigenvalue weighted by atomic mass is 9.96. The third kappa shape index (κ3) is 6.76. The topological polar surface area (TPSA) is 248 Å². The highest BCUT2D eigenvalue weighted by Gasteiger charge is 2.48. The van der Waals surface area contributed by atoms with Crippen LogP contribution in [0.4, 0.5) is 0 Å². The van der Waals surface area contributed by atoms with Crippen LogP contribution in [-0.4, -0.2) is 152 Å². The molecule has 2 aliphatic rings. The average molecular weight is 487 g/mol. The van der Waals surface area contributed by atoms with E-state index in [9.17, 15) is 45.6 Å². The van der Waals surface area contributed by atoms with Gasteiger partial charge >= 0.3 is 0 Å². The zero-order valence-electron chi connectivity index (χ0n) is 17.8. The zero-order valence-corrected chi connectivity index (χ0v) is 17.8. The van der Waals surface area contributed by atoms with Gasteiger partial charge in [-0.2, -0.15) is 0 Å². The van der Waals surface area contributed by atoms with Gasteiger partial charge in [-0.15, -0.1) is 0 Å². The van der Waals surface area contributed by atoms with E-state index in [1.807, 2.05) is 0 Å². The third-order valence-corrected chi connectivity index (χ3v) is 5.45.